The van der Waals surface area contributed by atoms with Gasteiger partial charge in [-0.05, 0) is 36.2 Å². The summed E-state index contributed by atoms with van der Waals surface area (Å²) in [5.74, 6) is -0.0668. The van der Waals surface area contributed by atoms with Crippen LogP contribution in [0.5, 0.6) is 0 Å². The molecule has 1 heterocycles. The van der Waals surface area contributed by atoms with Crippen molar-refractivity contribution in [2.75, 3.05) is 0 Å². The first-order chi connectivity index (χ1) is 8.58. The molecule has 0 aliphatic carbocycles. The number of pyridine rings is 1. The molecule has 0 aliphatic rings. The summed E-state index contributed by atoms with van der Waals surface area (Å²) in [5, 5.41) is 0.888. The van der Waals surface area contributed by atoms with E-state index in [1.54, 1.807) is 30.5 Å². The minimum absolute atomic E-state index is 0.0668. The van der Waals surface area contributed by atoms with Crippen molar-refractivity contribution in [2.24, 2.45) is 0 Å². The zero-order valence-corrected chi connectivity index (χ0v) is 11.3. The van der Waals surface area contributed by atoms with Crippen molar-refractivity contribution in [3.63, 3.8) is 0 Å². The van der Waals surface area contributed by atoms with Crippen molar-refractivity contribution < 1.29 is 4.79 Å². The molecule has 18 heavy (non-hydrogen) atoms. The Kier molecular flexibility index (Phi) is 4.00. The van der Waals surface area contributed by atoms with Crippen LogP contribution < -0.4 is 0 Å². The Labute approximate surface area is 116 Å². The van der Waals surface area contributed by atoms with Crippen molar-refractivity contribution in [1.82, 2.24) is 4.98 Å². The Morgan fingerprint density at radius 2 is 2.06 bits per heavy atom. The van der Waals surface area contributed by atoms with Crippen LogP contribution in [0.4, 0.5) is 0 Å². The van der Waals surface area contributed by atoms with E-state index in [0.29, 0.717) is 15.7 Å². The molecule has 1 aromatic carbocycles. The summed E-state index contributed by atoms with van der Waals surface area (Å²) in [7, 11) is 0. The van der Waals surface area contributed by atoms with E-state index in [0.717, 1.165) is 11.1 Å². The van der Waals surface area contributed by atoms with Gasteiger partial charge in [-0.3, -0.25) is 9.78 Å². The zero-order valence-electron chi connectivity index (χ0n) is 9.78. The first-order valence-corrected chi connectivity index (χ1v) is 6.22. The van der Waals surface area contributed by atoms with Gasteiger partial charge in [-0.25, -0.2) is 0 Å². The Hall–Kier alpha value is -1.38. The van der Waals surface area contributed by atoms with Crippen LogP contribution in [0, 0.1) is 6.92 Å². The highest BCUT2D eigenvalue weighted by molar-refractivity contribution is 6.42. The van der Waals surface area contributed by atoms with E-state index >= 15 is 0 Å². The molecule has 1 aromatic heterocycles. The minimum atomic E-state index is -0.0668. The van der Waals surface area contributed by atoms with E-state index in [4.69, 9.17) is 23.2 Å². The number of carbonyl (C=O) groups is 1. The summed E-state index contributed by atoms with van der Waals surface area (Å²) in [6, 6.07) is 8.88. The third kappa shape index (κ3) is 2.89. The van der Waals surface area contributed by atoms with Gasteiger partial charge in [-0.2, -0.15) is 0 Å². The molecule has 0 spiro atoms. The van der Waals surface area contributed by atoms with Crippen LogP contribution in [0.2, 0.25) is 10.0 Å². The largest absolute Gasteiger partial charge is 0.292 e. The van der Waals surface area contributed by atoms with E-state index in [-0.39, 0.29) is 12.2 Å². The normalized spacial score (nSPS) is 10.4. The fourth-order valence-corrected chi connectivity index (χ4v) is 2.02. The molecule has 0 bridgehead atoms. The Bertz CT molecular complexity index is 596. The lowest BCUT2D eigenvalue weighted by molar-refractivity contribution is 0.0988. The molecule has 2 rings (SSSR count). The van der Waals surface area contributed by atoms with Crippen LogP contribution in [0.15, 0.2) is 36.5 Å². The van der Waals surface area contributed by atoms with Crippen LogP contribution in [-0.2, 0) is 6.42 Å². The van der Waals surface area contributed by atoms with Gasteiger partial charge in [0.2, 0.25) is 0 Å². The van der Waals surface area contributed by atoms with Gasteiger partial charge in [0.05, 0.1) is 10.0 Å². The number of benzene rings is 1. The second kappa shape index (κ2) is 5.51. The van der Waals surface area contributed by atoms with Crippen molar-refractivity contribution in [3.05, 3.63) is 63.4 Å². The number of carbonyl (C=O) groups excluding carboxylic acids is 1. The van der Waals surface area contributed by atoms with E-state index in [9.17, 15) is 4.79 Å². The highest BCUT2D eigenvalue weighted by Crippen LogP contribution is 2.26. The van der Waals surface area contributed by atoms with Crippen molar-refractivity contribution in [3.8, 4) is 0 Å². The molecule has 0 saturated heterocycles. The Morgan fingerprint density at radius 3 is 2.78 bits per heavy atom. The molecular weight excluding hydrogens is 269 g/mol. The molecule has 0 amide bonds. The quantitative estimate of drug-likeness (QED) is 0.791. The van der Waals surface area contributed by atoms with Crippen molar-refractivity contribution >= 4 is 29.0 Å². The van der Waals surface area contributed by atoms with E-state index < -0.39 is 0 Å². The second-order valence-electron chi connectivity index (χ2n) is 4.03. The molecule has 0 radical (unpaired) electrons. The third-order valence-corrected chi connectivity index (χ3v) is 3.44. The predicted octanol–water partition coefficient (Wildman–Crippen LogP) is 4.12. The van der Waals surface area contributed by atoms with Crippen molar-refractivity contribution in [1.29, 1.82) is 0 Å². The number of nitrogens with zero attached hydrogens (tertiary/aromatic N) is 1. The molecule has 0 unspecified atom stereocenters. The van der Waals surface area contributed by atoms with Gasteiger partial charge in [0, 0.05) is 12.6 Å². The number of hydrogen-bond donors (Lipinski definition) is 0. The molecule has 2 nitrogen and oxygen atoms in total. The maximum atomic E-state index is 12.1. The summed E-state index contributed by atoms with van der Waals surface area (Å²) < 4.78 is 0. The standard InChI is InChI=1S/C14H11Cl2NO/c1-9-5-6-17-12(7-9)13(18)8-10-3-2-4-11(15)14(10)16/h2-7H,8H2,1H3. The summed E-state index contributed by atoms with van der Waals surface area (Å²) in [6.07, 6.45) is 1.83. The highest BCUT2D eigenvalue weighted by atomic mass is 35.5. The number of hydrogen-bond acceptors (Lipinski definition) is 2. The average Bonchev–Trinajstić information content (AvgIpc) is 2.35. The Balaban J connectivity index is 2.24. The first-order valence-electron chi connectivity index (χ1n) is 5.46. The number of halogens is 2. The smallest absolute Gasteiger partial charge is 0.185 e. The lowest BCUT2D eigenvalue weighted by atomic mass is 10.1. The van der Waals surface area contributed by atoms with Crippen LogP contribution in [0.3, 0.4) is 0 Å². The molecule has 2 aromatic rings. The predicted molar refractivity (Wildman–Crippen MR) is 73.5 cm³/mol. The maximum absolute atomic E-state index is 12.1. The van der Waals surface area contributed by atoms with Gasteiger partial charge < -0.3 is 0 Å². The van der Waals surface area contributed by atoms with Gasteiger partial charge in [0.1, 0.15) is 5.69 Å². The number of rotatable bonds is 3. The van der Waals surface area contributed by atoms with Crippen LogP contribution >= 0.6 is 23.2 Å². The van der Waals surface area contributed by atoms with Gasteiger partial charge in [0.15, 0.2) is 5.78 Å². The highest BCUT2D eigenvalue weighted by Gasteiger charge is 2.12. The summed E-state index contributed by atoms with van der Waals surface area (Å²) in [4.78, 5) is 16.1. The molecule has 0 aliphatic heterocycles. The molecule has 92 valence electrons. The van der Waals surface area contributed by atoms with Gasteiger partial charge in [-0.15, -0.1) is 0 Å². The lowest BCUT2D eigenvalue weighted by Crippen LogP contribution is -2.06. The molecular formula is C14H11Cl2NO. The van der Waals surface area contributed by atoms with E-state index in [1.807, 2.05) is 13.0 Å². The summed E-state index contributed by atoms with van der Waals surface area (Å²) in [5.41, 5.74) is 2.18. The fourth-order valence-electron chi connectivity index (χ4n) is 1.64. The van der Waals surface area contributed by atoms with Gasteiger partial charge >= 0.3 is 0 Å². The monoisotopic (exact) mass is 279 g/mol. The number of aryl methyl sites for hydroxylation is 1. The summed E-state index contributed by atoms with van der Waals surface area (Å²) >= 11 is 12.0. The molecule has 0 atom stereocenters. The first kappa shape index (κ1) is 13.1. The molecule has 4 heteroatoms. The summed E-state index contributed by atoms with van der Waals surface area (Å²) in [6.45, 7) is 1.92. The third-order valence-electron chi connectivity index (χ3n) is 2.58. The average molecular weight is 280 g/mol. The van der Waals surface area contributed by atoms with Crippen LogP contribution in [0.1, 0.15) is 21.6 Å². The van der Waals surface area contributed by atoms with Gasteiger partial charge in [0.25, 0.3) is 0 Å². The molecule has 0 N–H and O–H groups in total. The lowest BCUT2D eigenvalue weighted by Gasteiger charge is -2.05. The fraction of sp³-hybridized carbons (Fsp3) is 0.143. The second-order valence-corrected chi connectivity index (χ2v) is 4.82. The van der Waals surface area contributed by atoms with Crippen LogP contribution in [-0.4, -0.2) is 10.8 Å². The van der Waals surface area contributed by atoms with E-state index in [1.165, 1.54) is 0 Å². The zero-order chi connectivity index (χ0) is 13.1. The van der Waals surface area contributed by atoms with E-state index in [2.05, 4.69) is 4.98 Å². The number of aromatic nitrogens is 1. The maximum Gasteiger partial charge on any atom is 0.185 e. The number of Topliss-reactive ketones (excluding diaryl/α,β-unsaturated/α-hetero) is 1. The van der Waals surface area contributed by atoms with Gasteiger partial charge in [-0.1, -0.05) is 35.3 Å². The minimum Gasteiger partial charge on any atom is -0.292 e. The topological polar surface area (TPSA) is 30.0 Å². The number of ketones is 1. The SMILES string of the molecule is Cc1ccnc(C(=O)Cc2cccc(Cl)c2Cl)c1. The molecule has 0 fully saturated rings. The molecule has 0 saturated carbocycles. The van der Waals surface area contributed by atoms with Crippen LogP contribution in [0.25, 0.3) is 0 Å². The van der Waals surface area contributed by atoms with Crippen molar-refractivity contribution in [2.45, 2.75) is 13.3 Å². The Morgan fingerprint density at radius 1 is 1.28 bits per heavy atom.